The number of carbonyl (C=O) groups excluding carboxylic acids is 3. The summed E-state index contributed by atoms with van der Waals surface area (Å²) in [5.74, 6) is -0.919. The Morgan fingerprint density at radius 2 is 2.00 bits per heavy atom. The van der Waals surface area contributed by atoms with Crippen LogP contribution >= 0.6 is 11.6 Å². The normalized spacial score (nSPS) is 11.8. The van der Waals surface area contributed by atoms with Gasteiger partial charge < -0.3 is 24.8 Å². The van der Waals surface area contributed by atoms with Crippen LogP contribution in [0.25, 0.3) is 0 Å². The maximum Gasteiger partial charge on any atom is 0.338 e. The van der Waals surface area contributed by atoms with E-state index in [-0.39, 0.29) is 29.8 Å². The number of amides is 2. The first-order valence-corrected chi connectivity index (χ1v) is 7.68. The van der Waals surface area contributed by atoms with Gasteiger partial charge in [0.15, 0.2) is 18.1 Å². The third-order valence-electron chi connectivity index (χ3n) is 3.02. The van der Waals surface area contributed by atoms with Crippen LogP contribution in [0.5, 0.6) is 11.5 Å². The molecule has 1 aliphatic rings. The molecule has 1 aromatic rings. The zero-order chi connectivity index (χ0) is 17.5. The highest BCUT2D eigenvalue weighted by atomic mass is 35.5. The van der Waals surface area contributed by atoms with Gasteiger partial charge in [0.05, 0.1) is 17.1 Å². The van der Waals surface area contributed by atoms with Crippen molar-refractivity contribution in [3.63, 3.8) is 0 Å². The monoisotopic (exact) mass is 356 g/mol. The minimum absolute atomic E-state index is 0.0239. The van der Waals surface area contributed by atoms with E-state index in [1.807, 2.05) is 6.92 Å². The minimum Gasteiger partial charge on any atom is -0.454 e. The molecule has 0 bridgehead atoms. The molecule has 1 aliphatic heterocycles. The molecule has 2 N–H and O–H groups in total. The van der Waals surface area contributed by atoms with E-state index in [4.69, 9.17) is 25.8 Å². The van der Waals surface area contributed by atoms with Crippen molar-refractivity contribution in [2.45, 2.75) is 13.3 Å². The molecule has 0 spiro atoms. The van der Waals surface area contributed by atoms with Crippen molar-refractivity contribution in [3.8, 4) is 11.5 Å². The lowest BCUT2D eigenvalue weighted by Gasteiger charge is -2.08. The first kappa shape index (κ1) is 17.9. The number of rotatable bonds is 7. The largest absolute Gasteiger partial charge is 0.454 e. The maximum absolute atomic E-state index is 11.9. The summed E-state index contributed by atoms with van der Waals surface area (Å²) in [6.45, 7) is 1.80. The van der Waals surface area contributed by atoms with E-state index in [2.05, 4.69) is 10.6 Å². The average molecular weight is 357 g/mol. The lowest BCUT2D eigenvalue weighted by atomic mass is 10.2. The Morgan fingerprint density at radius 1 is 1.21 bits per heavy atom. The fourth-order valence-electron chi connectivity index (χ4n) is 1.86. The van der Waals surface area contributed by atoms with Crippen LogP contribution in [0.4, 0.5) is 0 Å². The molecule has 0 aliphatic carbocycles. The van der Waals surface area contributed by atoms with Gasteiger partial charge in [-0.2, -0.15) is 0 Å². The molecule has 2 rings (SSSR count). The number of benzene rings is 1. The van der Waals surface area contributed by atoms with Gasteiger partial charge in [0, 0.05) is 6.54 Å². The molecule has 0 atom stereocenters. The van der Waals surface area contributed by atoms with Gasteiger partial charge in [-0.25, -0.2) is 4.79 Å². The van der Waals surface area contributed by atoms with Crippen molar-refractivity contribution in [2.24, 2.45) is 0 Å². The van der Waals surface area contributed by atoms with Crippen LogP contribution in [0.3, 0.4) is 0 Å². The SMILES string of the molecule is CCCNC(=O)CNC(=O)COC(=O)c1cc(Cl)c2c(c1)OCO2. The minimum atomic E-state index is -0.735. The number of esters is 1. The van der Waals surface area contributed by atoms with Crippen LogP contribution in [0.15, 0.2) is 12.1 Å². The van der Waals surface area contributed by atoms with Gasteiger partial charge in [0.1, 0.15) is 0 Å². The van der Waals surface area contributed by atoms with Gasteiger partial charge in [0.25, 0.3) is 5.91 Å². The molecule has 0 radical (unpaired) electrons. The Bertz CT molecular complexity index is 649. The summed E-state index contributed by atoms with van der Waals surface area (Å²) in [6, 6.07) is 2.79. The third kappa shape index (κ3) is 4.76. The molecular formula is C15H17ClN2O6. The van der Waals surface area contributed by atoms with Crippen LogP contribution in [0, 0.1) is 0 Å². The van der Waals surface area contributed by atoms with Gasteiger partial charge >= 0.3 is 5.97 Å². The van der Waals surface area contributed by atoms with Crippen LogP contribution in [0.1, 0.15) is 23.7 Å². The number of carbonyl (C=O) groups is 3. The Morgan fingerprint density at radius 3 is 2.75 bits per heavy atom. The van der Waals surface area contributed by atoms with E-state index in [9.17, 15) is 14.4 Å². The molecule has 24 heavy (non-hydrogen) atoms. The zero-order valence-electron chi connectivity index (χ0n) is 13.0. The fraction of sp³-hybridized carbons (Fsp3) is 0.400. The summed E-state index contributed by atoms with van der Waals surface area (Å²) in [6.07, 6.45) is 0.801. The van der Waals surface area contributed by atoms with Crippen molar-refractivity contribution < 1.29 is 28.6 Å². The molecular weight excluding hydrogens is 340 g/mol. The molecule has 9 heteroatoms. The summed E-state index contributed by atoms with van der Waals surface area (Å²) < 4.78 is 15.2. The number of ether oxygens (including phenoxy) is 3. The number of hydrogen-bond acceptors (Lipinski definition) is 6. The highest BCUT2D eigenvalue weighted by Gasteiger charge is 2.21. The molecule has 8 nitrogen and oxygen atoms in total. The van der Waals surface area contributed by atoms with E-state index >= 15 is 0 Å². The standard InChI is InChI=1S/C15H17ClN2O6/c1-2-3-17-12(19)6-18-13(20)7-22-15(21)9-4-10(16)14-11(5-9)23-8-24-14/h4-5H,2-3,6-8H2,1H3,(H,17,19)(H,18,20). The van der Waals surface area contributed by atoms with Crippen LogP contribution < -0.4 is 20.1 Å². The summed E-state index contributed by atoms with van der Waals surface area (Å²) in [5, 5.41) is 5.18. The van der Waals surface area contributed by atoms with Gasteiger partial charge in [-0.15, -0.1) is 0 Å². The van der Waals surface area contributed by atoms with Crippen LogP contribution in [-0.2, 0) is 14.3 Å². The summed E-state index contributed by atoms with van der Waals surface area (Å²) in [4.78, 5) is 34.9. The van der Waals surface area contributed by atoms with E-state index in [0.717, 1.165) is 6.42 Å². The third-order valence-corrected chi connectivity index (χ3v) is 3.30. The van der Waals surface area contributed by atoms with Gasteiger partial charge in [-0.3, -0.25) is 9.59 Å². The van der Waals surface area contributed by atoms with Crippen LogP contribution in [-0.4, -0.2) is 44.3 Å². The molecule has 1 aromatic carbocycles. The topological polar surface area (TPSA) is 103 Å². The maximum atomic E-state index is 11.9. The lowest BCUT2D eigenvalue weighted by molar-refractivity contribution is -0.127. The van der Waals surface area contributed by atoms with E-state index in [0.29, 0.717) is 18.0 Å². The van der Waals surface area contributed by atoms with Crippen molar-refractivity contribution in [2.75, 3.05) is 26.5 Å². The molecule has 0 aromatic heterocycles. The predicted octanol–water partition coefficient (Wildman–Crippen LogP) is 0.868. The van der Waals surface area contributed by atoms with Crippen molar-refractivity contribution in [1.82, 2.24) is 10.6 Å². The summed E-state index contributed by atoms with van der Waals surface area (Å²) in [7, 11) is 0. The molecule has 0 fully saturated rings. The number of fused-ring (bicyclic) bond motifs is 1. The Balaban J connectivity index is 1.80. The predicted molar refractivity (Wildman–Crippen MR) is 84.2 cm³/mol. The van der Waals surface area contributed by atoms with Crippen molar-refractivity contribution >= 4 is 29.4 Å². The molecule has 0 saturated carbocycles. The van der Waals surface area contributed by atoms with Crippen molar-refractivity contribution in [1.29, 1.82) is 0 Å². The lowest BCUT2D eigenvalue weighted by Crippen LogP contribution is -2.38. The highest BCUT2D eigenvalue weighted by Crippen LogP contribution is 2.39. The second-order valence-electron chi connectivity index (χ2n) is 4.89. The van der Waals surface area contributed by atoms with Gasteiger partial charge in [-0.1, -0.05) is 18.5 Å². The van der Waals surface area contributed by atoms with E-state index in [1.54, 1.807) is 0 Å². The van der Waals surface area contributed by atoms with Gasteiger partial charge in [-0.05, 0) is 18.6 Å². The molecule has 0 unspecified atom stereocenters. The second kappa shape index (κ2) is 8.39. The molecule has 130 valence electrons. The Hall–Kier alpha value is -2.48. The highest BCUT2D eigenvalue weighted by molar-refractivity contribution is 6.32. The number of nitrogens with one attached hydrogen (secondary N) is 2. The quantitative estimate of drug-likeness (QED) is 0.703. The van der Waals surface area contributed by atoms with E-state index < -0.39 is 18.5 Å². The fourth-order valence-corrected chi connectivity index (χ4v) is 2.12. The first-order valence-electron chi connectivity index (χ1n) is 7.31. The number of halogens is 1. The first-order chi connectivity index (χ1) is 11.5. The van der Waals surface area contributed by atoms with E-state index in [1.165, 1.54) is 12.1 Å². The summed E-state index contributed by atoms with van der Waals surface area (Å²) >= 11 is 5.97. The van der Waals surface area contributed by atoms with Crippen molar-refractivity contribution in [3.05, 3.63) is 22.7 Å². The van der Waals surface area contributed by atoms with Crippen LogP contribution in [0.2, 0.25) is 5.02 Å². The molecule has 2 amide bonds. The summed E-state index contributed by atoms with van der Waals surface area (Å²) in [5.41, 5.74) is 0.137. The number of hydrogen-bond donors (Lipinski definition) is 2. The molecule has 0 saturated heterocycles. The smallest absolute Gasteiger partial charge is 0.338 e. The second-order valence-corrected chi connectivity index (χ2v) is 5.30. The Labute approximate surface area is 143 Å². The molecule has 1 heterocycles. The Kier molecular flexibility index (Phi) is 6.25. The zero-order valence-corrected chi connectivity index (χ0v) is 13.8. The van der Waals surface area contributed by atoms with Gasteiger partial charge in [0.2, 0.25) is 12.7 Å². The average Bonchev–Trinajstić information content (AvgIpc) is 3.05.